The van der Waals surface area contributed by atoms with Gasteiger partial charge in [0.15, 0.2) is 0 Å². The van der Waals surface area contributed by atoms with Gasteiger partial charge < -0.3 is 14.8 Å². The topological polar surface area (TPSA) is 81.7 Å². The van der Waals surface area contributed by atoms with E-state index in [4.69, 9.17) is 10.8 Å². The standard InChI is InChI=1S/C17H31NO5/c1-4-7-12-22-16(20)11-10-14(18-15(19)9-6-3)17(21)23-13-8-5-2/h14H,4-13H2,1-3H3,(H,18,19)/t14-/m0/s1/i3D. The summed E-state index contributed by atoms with van der Waals surface area (Å²) in [5.41, 5.74) is 0. The Morgan fingerprint density at radius 1 is 1.00 bits per heavy atom. The number of amides is 1. The average molecular weight is 330 g/mol. The first-order valence-electron chi connectivity index (χ1n) is 9.16. The largest absolute Gasteiger partial charge is 0.466 e. The molecule has 0 saturated heterocycles. The summed E-state index contributed by atoms with van der Waals surface area (Å²) in [5, 5.41) is 2.60. The fourth-order valence-electron chi connectivity index (χ4n) is 1.76. The second-order valence-electron chi connectivity index (χ2n) is 5.36. The molecule has 1 atom stereocenters. The van der Waals surface area contributed by atoms with E-state index in [-0.39, 0.29) is 38.0 Å². The van der Waals surface area contributed by atoms with Crippen molar-refractivity contribution in [2.24, 2.45) is 0 Å². The molecular formula is C17H31NO5. The second kappa shape index (κ2) is 14.0. The molecule has 1 amide bonds. The predicted molar refractivity (Wildman–Crippen MR) is 87.8 cm³/mol. The van der Waals surface area contributed by atoms with Crippen molar-refractivity contribution < 1.29 is 25.2 Å². The third-order valence-corrected chi connectivity index (χ3v) is 3.16. The monoisotopic (exact) mass is 330 g/mol. The highest BCUT2D eigenvalue weighted by atomic mass is 16.5. The number of carbonyl (C=O) groups excluding carboxylic acids is 3. The van der Waals surface area contributed by atoms with Crippen molar-refractivity contribution in [3.8, 4) is 0 Å². The van der Waals surface area contributed by atoms with Gasteiger partial charge in [-0.05, 0) is 25.7 Å². The van der Waals surface area contributed by atoms with Crippen LogP contribution in [0.3, 0.4) is 0 Å². The molecule has 0 rings (SSSR count). The first kappa shape index (κ1) is 19.5. The minimum Gasteiger partial charge on any atom is -0.466 e. The van der Waals surface area contributed by atoms with Crippen molar-refractivity contribution in [1.82, 2.24) is 5.32 Å². The van der Waals surface area contributed by atoms with Gasteiger partial charge in [0.05, 0.1) is 13.2 Å². The molecule has 0 aliphatic rings. The predicted octanol–water partition coefficient (Wildman–Crippen LogP) is 2.74. The molecule has 1 N–H and O–H groups in total. The van der Waals surface area contributed by atoms with Crippen LogP contribution in [0.2, 0.25) is 0 Å². The number of esters is 2. The van der Waals surface area contributed by atoms with Crippen molar-refractivity contribution in [3.63, 3.8) is 0 Å². The van der Waals surface area contributed by atoms with Gasteiger partial charge in [-0.25, -0.2) is 4.79 Å². The van der Waals surface area contributed by atoms with Crippen molar-refractivity contribution in [2.75, 3.05) is 13.2 Å². The van der Waals surface area contributed by atoms with E-state index in [2.05, 4.69) is 5.32 Å². The Labute approximate surface area is 140 Å². The molecule has 6 nitrogen and oxygen atoms in total. The molecule has 6 heteroatoms. The number of carbonyl (C=O) groups is 3. The van der Waals surface area contributed by atoms with Crippen LogP contribution in [0.1, 0.15) is 73.5 Å². The van der Waals surface area contributed by atoms with Crippen LogP contribution < -0.4 is 5.32 Å². The minimum absolute atomic E-state index is 0.0516. The van der Waals surface area contributed by atoms with Crippen molar-refractivity contribution in [3.05, 3.63) is 0 Å². The SMILES string of the molecule is [2H]CCCC(=O)N[C@@H](CCC(=O)OCCCC)C(=O)OCCCC. The summed E-state index contributed by atoms with van der Waals surface area (Å²) in [4.78, 5) is 35.5. The number of hydrogen-bond donors (Lipinski definition) is 1. The lowest BCUT2D eigenvalue weighted by atomic mass is 10.1. The molecule has 0 aliphatic carbocycles. The van der Waals surface area contributed by atoms with Crippen LogP contribution in [0.4, 0.5) is 0 Å². The highest BCUT2D eigenvalue weighted by Crippen LogP contribution is 2.05. The molecule has 0 aromatic heterocycles. The fourth-order valence-corrected chi connectivity index (χ4v) is 1.76. The van der Waals surface area contributed by atoms with E-state index in [1.807, 2.05) is 13.8 Å². The van der Waals surface area contributed by atoms with E-state index < -0.39 is 12.0 Å². The molecule has 0 spiro atoms. The summed E-state index contributed by atoms with van der Waals surface area (Å²) in [7, 11) is 0. The smallest absolute Gasteiger partial charge is 0.328 e. The summed E-state index contributed by atoms with van der Waals surface area (Å²) in [6, 6.07) is -0.848. The van der Waals surface area contributed by atoms with E-state index in [0.29, 0.717) is 19.6 Å². The van der Waals surface area contributed by atoms with E-state index in [1.54, 1.807) is 0 Å². The number of unbranched alkanes of at least 4 members (excludes halogenated alkanes) is 2. The maximum absolute atomic E-state index is 12.1. The van der Waals surface area contributed by atoms with Gasteiger partial charge in [0.2, 0.25) is 5.91 Å². The first-order chi connectivity index (χ1) is 11.5. The van der Waals surface area contributed by atoms with E-state index >= 15 is 0 Å². The number of nitrogens with one attached hydrogen (secondary N) is 1. The quantitative estimate of drug-likeness (QED) is 0.415. The van der Waals surface area contributed by atoms with Crippen LogP contribution in [-0.4, -0.2) is 37.1 Å². The van der Waals surface area contributed by atoms with Crippen molar-refractivity contribution >= 4 is 17.8 Å². The average Bonchev–Trinajstić information content (AvgIpc) is 2.57. The second-order valence-corrected chi connectivity index (χ2v) is 5.36. The van der Waals surface area contributed by atoms with Gasteiger partial charge in [0.1, 0.15) is 6.04 Å². The zero-order valence-corrected chi connectivity index (χ0v) is 14.4. The van der Waals surface area contributed by atoms with Crippen LogP contribution >= 0.6 is 0 Å². The Hall–Kier alpha value is -1.59. The van der Waals surface area contributed by atoms with E-state index in [0.717, 1.165) is 25.7 Å². The Kier molecular flexibility index (Phi) is 11.9. The summed E-state index contributed by atoms with van der Waals surface area (Å²) in [6.07, 6.45) is 4.22. The first-order valence-corrected chi connectivity index (χ1v) is 8.45. The van der Waals surface area contributed by atoms with Crippen LogP contribution in [0.5, 0.6) is 0 Å². The lowest BCUT2D eigenvalue weighted by Crippen LogP contribution is -2.42. The summed E-state index contributed by atoms with van der Waals surface area (Å²) < 4.78 is 17.3. The Morgan fingerprint density at radius 3 is 2.26 bits per heavy atom. The van der Waals surface area contributed by atoms with Gasteiger partial charge in [-0.1, -0.05) is 33.6 Å². The maximum Gasteiger partial charge on any atom is 0.328 e. The van der Waals surface area contributed by atoms with Crippen molar-refractivity contribution in [2.45, 2.75) is 78.2 Å². The molecule has 0 bridgehead atoms. The highest BCUT2D eigenvalue weighted by Gasteiger charge is 2.23. The third kappa shape index (κ3) is 11.6. The lowest BCUT2D eigenvalue weighted by molar-refractivity contribution is -0.149. The molecule has 0 aliphatic heterocycles. The molecule has 0 heterocycles. The van der Waals surface area contributed by atoms with E-state index in [9.17, 15) is 14.4 Å². The molecule has 0 radical (unpaired) electrons. The number of ether oxygens (including phenoxy) is 2. The zero-order chi connectivity index (χ0) is 18.2. The summed E-state index contributed by atoms with van der Waals surface area (Å²) in [6.45, 7) is 4.82. The van der Waals surface area contributed by atoms with Crippen LogP contribution in [0.25, 0.3) is 0 Å². The maximum atomic E-state index is 12.1. The lowest BCUT2D eigenvalue weighted by Gasteiger charge is -2.17. The fraction of sp³-hybridized carbons (Fsp3) is 0.824. The Morgan fingerprint density at radius 2 is 1.65 bits per heavy atom. The third-order valence-electron chi connectivity index (χ3n) is 3.16. The minimum atomic E-state index is -0.848. The molecule has 0 fully saturated rings. The van der Waals surface area contributed by atoms with Gasteiger partial charge in [0.25, 0.3) is 0 Å². The van der Waals surface area contributed by atoms with Gasteiger partial charge in [-0.3, -0.25) is 9.59 Å². The number of hydrogen-bond acceptors (Lipinski definition) is 5. The Bertz CT molecular complexity index is 376. The number of rotatable bonds is 13. The van der Waals surface area contributed by atoms with E-state index in [1.165, 1.54) is 0 Å². The van der Waals surface area contributed by atoms with Crippen molar-refractivity contribution in [1.29, 1.82) is 0 Å². The highest BCUT2D eigenvalue weighted by molar-refractivity contribution is 5.84. The van der Waals surface area contributed by atoms with Crippen LogP contribution in [0.15, 0.2) is 0 Å². The van der Waals surface area contributed by atoms with Gasteiger partial charge in [0, 0.05) is 14.2 Å². The summed E-state index contributed by atoms with van der Waals surface area (Å²) >= 11 is 0. The zero-order valence-electron chi connectivity index (χ0n) is 15.4. The Balaban J connectivity index is 4.41. The summed E-state index contributed by atoms with van der Waals surface area (Å²) in [5.74, 6) is -1.21. The van der Waals surface area contributed by atoms with Gasteiger partial charge >= 0.3 is 11.9 Å². The van der Waals surface area contributed by atoms with Gasteiger partial charge in [-0.2, -0.15) is 0 Å². The molecular weight excluding hydrogens is 298 g/mol. The molecule has 0 saturated carbocycles. The van der Waals surface area contributed by atoms with Crippen LogP contribution in [0, 0.1) is 0 Å². The molecule has 23 heavy (non-hydrogen) atoms. The van der Waals surface area contributed by atoms with Gasteiger partial charge in [-0.15, -0.1) is 0 Å². The van der Waals surface area contributed by atoms with Crippen LogP contribution in [-0.2, 0) is 23.9 Å². The normalized spacial score (nSPS) is 12.2. The molecule has 0 aromatic rings. The molecule has 0 aromatic carbocycles. The molecule has 0 unspecified atom stereocenters. The molecule has 134 valence electrons.